The van der Waals surface area contributed by atoms with Crippen LogP contribution in [0.3, 0.4) is 0 Å². The third-order valence-electron chi connectivity index (χ3n) is 3.86. The SMILES string of the molecule is CCn1nccc1-c1cncc(C[C@@H]2CCCNC2)n1. The molecule has 0 amide bonds. The lowest BCUT2D eigenvalue weighted by atomic mass is 9.95. The molecule has 1 N–H and O–H groups in total. The summed E-state index contributed by atoms with van der Waals surface area (Å²) in [6.07, 6.45) is 9.09. The van der Waals surface area contributed by atoms with E-state index in [4.69, 9.17) is 4.98 Å². The van der Waals surface area contributed by atoms with Crippen molar-refractivity contribution in [2.45, 2.75) is 32.7 Å². The van der Waals surface area contributed by atoms with E-state index in [1.165, 1.54) is 12.8 Å². The molecule has 1 saturated heterocycles. The van der Waals surface area contributed by atoms with Crippen LogP contribution in [0.1, 0.15) is 25.5 Å². The summed E-state index contributed by atoms with van der Waals surface area (Å²) >= 11 is 0. The van der Waals surface area contributed by atoms with E-state index in [1.807, 2.05) is 29.3 Å². The number of nitrogens with zero attached hydrogens (tertiary/aromatic N) is 4. The van der Waals surface area contributed by atoms with Gasteiger partial charge in [-0.05, 0) is 51.3 Å². The molecule has 2 aromatic rings. The molecule has 3 rings (SSSR count). The van der Waals surface area contributed by atoms with Gasteiger partial charge in [0.15, 0.2) is 0 Å². The average molecular weight is 271 g/mol. The lowest BCUT2D eigenvalue weighted by Gasteiger charge is -2.22. The van der Waals surface area contributed by atoms with Crippen molar-refractivity contribution in [3.63, 3.8) is 0 Å². The fourth-order valence-corrected chi connectivity index (χ4v) is 2.82. The second-order valence-corrected chi connectivity index (χ2v) is 5.34. The van der Waals surface area contributed by atoms with Gasteiger partial charge in [-0.25, -0.2) is 4.98 Å². The minimum Gasteiger partial charge on any atom is -0.316 e. The molecule has 0 radical (unpaired) electrons. The maximum absolute atomic E-state index is 4.77. The van der Waals surface area contributed by atoms with E-state index in [0.717, 1.165) is 43.1 Å². The highest BCUT2D eigenvalue weighted by Gasteiger charge is 2.15. The number of nitrogens with one attached hydrogen (secondary N) is 1. The third kappa shape index (κ3) is 2.88. The van der Waals surface area contributed by atoms with Crippen molar-refractivity contribution in [2.24, 2.45) is 5.92 Å². The summed E-state index contributed by atoms with van der Waals surface area (Å²) in [6.45, 7) is 5.18. The van der Waals surface area contributed by atoms with E-state index in [9.17, 15) is 0 Å². The Morgan fingerprint density at radius 3 is 3.15 bits per heavy atom. The largest absolute Gasteiger partial charge is 0.316 e. The molecule has 1 aliphatic heterocycles. The van der Waals surface area contributed by atoms with E-state index in [0.29, 0.717) is 5.92 Å². The summed E-state index contributed by atoms with van der Waals surface area (Å²) in [4.78, 5) is 9.12. The lowest BCUT2D eigenvalue weighted by molar-refractivity contribution is 0.373. The van der Waals surface area contributed by atoms with Gasteiger partial charge in [-0.3, -0.25) is 9.67 Å². The van der Waals surface area contributed by atoms with Crippen LogP contribution in [0.2, 0.25) is 0 Å². The lowest BCUT2D eigenvalue weighted by Crippen LogP contribution is -2.31. The van der Waals surface area contributed by atoms with E-state index in [2.05, 4.69) is 22.3 Å². The van der Waals surface area contributed by atoms with Gasteiger partial charge < -0.3 is 5.32 Å². The summed E-state index contributed by atoms with van der Waals surface area (Å²) < 4.78 is 1.95. The number of aromatic nitrogens is 4. The van der Waals surface area contributed by atoms with Crippen LogP contribution < -0.4 is 5.32 Å². The Hall–Kier alpha value is -1.75. The Labute approximate surface area is 119 Å². The molecule has 5 nitrogen and oxygen atoms in total. The fraction of sp³-hybridized carbons (Fsp3) is 0.533. The molecule has 106 valence electrons. The Morgan fingerprint density at radius 1 is 1.40 bits per heavy atom. The third-order valence-corrected chi connectivity index (χ3v) is 3.86. The molecule has 2 aromatic heterocycles. The molecular formula is C15H21N5. The van der Waals surface area contributed by atoms with Crippen LogP contribution in [0.4, 0.5) is 0 Å². The van der Waals surface area contributed by atoms with Gasteiger partial charge in [-0.15, -0.1) is 0 Å². The Kier molecular flexibility index (Phi) is 4.06. The van der Waals surface area contributed by atoms with Gasteiger partial charge in [-0.1, -0.05) is 0 Å². The molecule has 0 aromatic carbocycles. The van der Waals surface area contributed by atoms with Crippen LogP contribution in [0, 0.1) is 5.92 Å². The molecular weight excluding hydrogens is 250 g/mol. The van der Waals surface area contributed by atoms with Crippen molar-refractivity contribution < 1.29 is 0 Å². The smallest absolute Gasteiger partial charge is 0.107 e. The van der Waals surface area contributed by atoms with Crippen LogP contribution in [0.15, 0.2) is 24.7 Å². The highest BCUT2D eigenvalue weighted by atomic mass is 15.3. The molecule has 3 heterocycles. The van der Waals surface area contributed by atoms with Crippen LogP contribution in [0.5, 0.6) is 0 Å². The number of hydrogen-bond donors (Lipinski definition) is 1. The Bertz CT molecular complexity index is 557. The summed E-state index contributed by atoms with van der Waals surface area (Å²) in [5, 5.41) is 7.75. The quantitative estimate of drug-likeness (QED) is 0.923. The maximum Gasteiger partial charge on any atom is 0.107 e. The second-order valence-electron chi connectivity index (χ2n) is 5.34. The number of aryl methyl sites for hydroxylation is 1. The zero-order chi connectivity index (χ0) is 13.8. The van der Waals surface area contributed by atoms with E-state index in [1.54, 1.807) is 0 Å². The maximum atomic E-state index is 4.77. The molecule has 1 aliphatic rings. The zero-order valence-corrected chi connectivity index (χ0v) is 11.9. The Morgan fingerprint density at radius 2 is 2.35 bits per heavy atom. The Balaban J connectivity index is 1.78. The summed E-state index contributed by atoms with van der Waals surface area (Å²) in [5.74, 6) is 0.685. The van der Waals surface area contributed by atoms with Gasteiger partial charge in [0.05, 0.1) is 17.6 Å². The highest BCUT2D eigenvalue weighted by Crippen LogP contribution is 2.19. The second kappa shape index (κ2) is 6.13. The molecule has 0 bridgehead atoms. The van der Waals surface area contributed by atoms with E-state index >= 15 is 0 Å². The predicted molar refractivity (Wildman–Crippen MR) is 78.2 cm³/mol. The standard InChI is InChI=1S/C15H21N5/c1-2-20-15(5-7-18-20)14-11-17-10-13(19-14)8-12-4-3-6-16-9-12/h5,7,10-12,16H,2-4,6,8-9H2,1H3/t12-/m0/s1. The van der Waals surface area contributed by atoms with Crippen molar-refractivity contribution in [1.29, 1.82) is 0 Å². The van der Waals surface area contributed by atoms with Crippen molar-refractivity contribution >= 4 is 0 Å². The minimum absolute atomic E-state index is 0.685. The monoisotopic (exact) mass is 271 g/mol. The van der Waals surface area contributed by atoms with Gasteiger partial charge in [0.25, 0.3) is 0 Å². The van der Waals surface area contributed by atoms with Crippen LogP contribution >= 0.6 is 0 Å². The van der Waals surface area contributed by atoms with Gasteiger partial charge in [-0.2, -0.15) is 5.10 Å². The zero-order valence-electron chi connectivity index (χ0n) is 11.9. The highest BCUT2D eigenvalue weighted by molar-refractivity contribution is 5.52. The molecule has 5 heteroatoms. The first-order valence-electron chi connectivity index (χ1n) is 7.40. The minimum atomic E-state index is 0.685. The van der Waals surface area contributed by atoms with Gasteiger partial charge in [0, 0.05) is 18.9 Å². The van der Waals surface area contributed by atoms with Crippen molar-refractivity contribution in [3.05, 3.63) is 30.4 Å². The van der Waals surface area contributed by atoms with Gasteiger partial charge in [0.2, 0.25) is 0 Å². The van der Waals surface area contributed by atoms with Crippen molar-refractivity contribution in [1.82, 2.24) is 25.1 Å². The molecule has 0 unspecified atom stereocenters. The fourth-order valence-electron chi connectivity index (χ4n) is 2.82. The van der Waals surface area contributed by atoms with Crippen LogP contribution in [0.25, 0.3) is 11.4 Å². The summed E-state index contributed by atoms with van der Waals surface area (Å²) in [7, 11) is 0. The number of rotatable bonds is 4. The van der Waals surface area contributed by atoms with E-state index < -0.39 is 0 Å². The molecule has 20 heavy (non-hydrogen) atoms. The van der Waals surface area contributed by atoms with Crippen molar-refractivity contribution in [2.75, 3.05) is 13.1 Å². The molecule has 1 fully saturated rings. The van der Waals surface area contributed by atoms with Crippen molar-refractivity contribution in [3.8, 4) is 11.4 Å². The summed E-state index contributed by atoms with van der Waals surface area (Å²) in [5.41, 5.74) is 3.05. The molecule has 0 aliphatic carbocycles. The first-order valence-corrected chi connectivity index (χ1v) is 7.40. The molecule has 0 spiro atoms. The molecule has 1 atom stereocenters. The first-order chi connectivity index (χ1) is 9.86. The summed E-state index contributed by atoms with van der Waals surface area (Å²) in [6, 6.07) is 2.00. The topological polar surface area (TPSA) is 55.6 Å². The van der Waals surface area contributed by atoms with E-state index in [-0.39, 0.29) is 0 Å². The first kappa shape index (κ1) is 13.2. The van der Waals surface area contributed by atoms with Crippen LogP contribution in [-0.4, -0.2) is 32.8 Å². The van der Waals surface area contributed by atoms with Gasteiger partial charge in [0.1, 0.15) is 5.69 Å². The average Bonchev–Trinajstić information content (AvgIpc) is 2.97. The van der Waals surface area contributed by atoms with Crippen LogP contribution in [-0.2, 0) is 13.0 Å². The molecule has 0 saturated carbocycles. The van der Waals surface area contributed by atoms with Gasteiger partial charge >= 0.3 is 0 Å². The normalized spacial score (nSPS) is 19.1. The number of hydrogen-bond acceptors (Lipinski definition) is 4. The number of piperidine rings is 1. The predicted octanol–water partition coefficient (Wildman–Crippen LogP) is 1.90.